The Morgan fingerprint density at radius 2 is 2.13 bits per heavy atom. The summed E-state index contributed by atoms with van der Waals surface area (Å²) in [5, 5.41) is 16.3. The van der Waals surface area contributed by atoms with Gasteiger partial charge in [0.25, 0.3) is 0 Å². The van der Waals surface area contributed by atoms with Gasteiger partial charge in [0, 0.05) is 17.1 Å². The predicted octanol–water partition coefficient (Wildman–Crippen LogP) is 4.59. The van der Waals surface area contributed by atoms with Crippen LogP contribution in [-0.2, 0) is 17.7 Å². The second-order valence-corrected chi connectivity index (χ2v) is 8.79. The SMILES string of the molecule is CCOCCn1nnnc1C(NC1CCc2cc(F)ccc21)c1cc(C)c(C)c(Br)c1. The van der Waals surface area contributed by atoms with Crippen molar-refractivity contribution in [1.29, 1.82) is 0 Å². The summed E-state index contributed by atoms with van der Waals surface area (Å²) < 4.78 is 22.1. The molecule has 164 valence electrons. The van der Waals surface area contributed by atoms with E-state index in [1.54, 1.807) is 10.7 Å². The van der Waals surface area contributed by atoms with E-state index in [1.165, 1.54) is 17.2 Å². The molecule has 1 aliphatic rings. The Morgan fingerprint density at radius 1 is 1.29 bits per heavy atom. The smallest absolute Gasteiger partial charge is 0.172 e. The lowest BCUT2D eigenvalue weighted by Crippen LogP contribution is -2.29. The fourth-order valence-electron chi connectivity index (χ4n) is 4.16. The van der Waals surface area contributed by atoms with Gasteiger partial charge < -0.3 is 4.74 Å². The standard InChI is InChI=1S/C23H27BrFN5O/c1-4-31-10-9-30-23(27-28-29-30)22(17-11-14(2)15(3)20(24)13-17)26-21-8-5-16-12-18(25)6-7-19(16)21/h6-7,11-13,21-22,26H,4-5,8-10H2,1-3H3. The van der Waals surface area contributed by atoms with E-state index in [2.05, 4.69) is 62.8 Å². The number of aromatic nitrogens is 4. The number of fused-ring (bicyclic) bond motifs is 1. The molecular formula is C23H27BrFN5O. The van der Waals surface area contributed by atoms with E-state index in [9.17, 15) is 4.39 Å². The molecule has 1 N–H and O–H groups in total. The van der Waals surface area contributed by atoms with Gasteiger partial charge in [-0.15, -0.1) is 5.10 Å². The highest BCUT2D eigenvalue weighted by molar-refractivity contribution is 9.10. The summed E-state index contributed by atoms with van der Waals surface area (Å²) in [5.74, 6) is 0.555. The highest BCUT2D eigenvalue weighted by Gasteiger charge is 2.29. The third-order valence-corrected chi connectivity index (χ3v) is 6.80. The van der Waals surface area contributed by atoms with Gasteiger partial charge in [0.15, 0.2) is 5.82 Å². The lowest BCUT2D eigenvalue weighted by molar-refractivity contribution is 0.134. The van der Waals surface area contributed by atoms with Crippen molar-refractivity contribution in [1.82, 2.24) is 25.5 Å². The fraction of sp³-hybridized carbons (Fsp3) is 0.435. The molecule has 1 aliphatic carbocycles. The molecule has 2 unspecified atom stereocenters. The summed E-state index contributed by atoms with van der Waals surface area (Å²) in [6, 6.07) is 9.26. The molecular weight excluding hydrogens is 461 g/mol. The van der Waals surface area contributed by atoms with Gasteiger partial charge in [-0.3, -0.25) is 5.32 Å². The summed E-state index contributed by atoms with van der Waals surface area (Å²) in [4.78, 5) is 0. The minimum absolute atomic E-state index is 0.0954. The number of hydrogen-bond acceptors (Lipinski definition) is 5. The first-order valence-electron chi connectivity index (χ1n) is 10.6. The number of nitrogens with one attached hydrogen (secondary N) is 1. The van der Waals surface area contributed by atoms with Gasteiger partial charge in [-0.2, -0.15) is 0 Å². The minimum atomic E-state index is -0.215. The molecule has 0 aliphatic heterocycles. The van der Waals surface area contributed by atoms with Crippen molar-refractivity contribution in [3.8, 4) is 0 Å². The van der Waals surface area contributed by atoms with E-state index in [1.807, 2.05) is 13.0 Å². The highest BCUT2D eigenvalue weighted by atomic mass is 79.9. The monoisotopic (exact) mass is 487 g/mol. The normalized spacial score (nSPS) is 16.5. The molecule has 0 radical (unpaired) electrons. The fourth-order valence-corrected chi connectivity index (χ4v) is 4.74. The zero-order valence-electron chi connectivity index (χ0n) is 18.0. The molecule has 6 nitrogen and oxygen atoms in total. The number of nitrogens with zero attached hydrogens (tertiary/aromatic N) is 4. The van der Waals surface area contributed by atoms with Crippen LogP contribution in [0, 0.1) is 19.7 Å². The van der Waals surface area contributed by atoms with Gasteiger partial charge in [-0.05, 0) is 90.1 Å². The van der Waals surface area contributed by atoms with Gasteiger partial charge >= 0.3 is 0 Å². The van der Waals surface area contributed by atoms with E-state index < -0.39 is 0 Å². The maximum Gasteiger partial charge on any atom is 0.172 e. The number of rotatable bonds is 8. The first-order valence-corrected chi connectivity index (χ1v) is 11.4. The van der Waals surface area contributed by atoms with Crippen molar-refractivity contribution in [2.24, 2.45) is 0 Å². The molecule has 2 atom stereocenters. The van der Waals surface area contributed by atoms with Crippen molar-refractivity contribution in [2.75, 3.05) is 13.2 Å². The van der Waals surface area contributed by atoms with Gasteiger partial charge in [0.2, 0.25) is 0 Å². The molecule has 1 heterocycles. The lowest BCUT2D eigenvalue weighted by Gasteiger charge is -2.24. The largest absolute Gasteiger partial charge is 0.380 e. The molecule has 31 heavy (non-hydrogen) atoms. The molecule has 0 saturated carbocycles. The topological polar surface area (TPSA) is 64.9 Å². The summed E-state index contributed by atoms with van der Waals surface area (Å²) in [7, 11) is 0. The molecule has 0 amide bonds. The predicted molar refractivity (Wildman–Crippen MR) is 120 cm³/mol. The first kappa shape index (κ1) is 22.0. The second-order valence-electron chi connectivity index (χ2n) is 7.94. The number of hydrogen-bond donors (Lipinski definition) is 1. The van der Waals surface area contributed by atoms with Gasteiger partial charge in [-0.1, -0.05) is 28.1 Å². The Morgan fingerprint density at radius 3 is 2.90 bits per heavy atom. The second kappa shape index (κ2) is 9.54. The number of ether oxygens (including phenoxy) is 1. The number of aryl methyl sites for hydroxylation is 2. The Bertz CT molecular complexity index is 1050. The molecule has 8 heteroatoms. The first-order chi connectivity index (χ1) is 15.0. The van der Waals surface area contributed by atoms with E-state index >= 15 is 0 Å². The van der Waals surface area contributed by atoms with Crippen molar-refractivity contribution in [3.05, 3.63) is 74.3 Å². The molecule has 4 rings (SSSR count). The van der Waals surface area contributed by atoms with Crippen LogP contribution in [0.3, 0.4) is 0 Å². The van der Waals surface area contributed by atoms with Crippen LogP contribution in [0.5, 0.6) is 0 Å². The summed E-state index contributed by atoms with van der Waals surface area (Å²) >= 11 is 3.70. The van der Waals surface area contributed by atoms with Crippen LogP contribution >= 0.6 is 15.9 Å². The quantitative estimate of drug-likeness (QED) is 0.470. The van der Waals surface area contributed by atoms with Gasteiger partial charge in [0.05, 0.1) is 19.2 Å². The molecule has 3 aromatic rings. The molecule has 1 aromatic heterocycles. The van der Waals surface area contributed by atoms with Crippen molar-refractivity contribution in [3.63, 3.8) is 0 Å². The van der Waals surface area contributed by atoms with Gasteiger partial charge in [0.1, 0.15) is 5.82 Å². The van der Waals surface area contributed by atoms with Crippen LogP contribution in [0.15, 0.2) is 34.8 Å². The van der Waals surface area contributed by atoms with Crippen LogP contribution < -0.4 is 5.32 Å². The third-order valence-electron chi connectivity index (χ3n) is 5.98. The van der Waals surface area contributed by atoms with Crippen molar-refractivity contribution in [2.45, 2.75) is 52.2 Å². The Hall–Kier alpha value is -2.16. The van der Waals surface area contributed by atoms with Crippen LogP contribution in [0.4, 0.5) is 4.39 Å². The number of benzene rings is 2. The zero-order valence-corrected chi connectivity index (χ0v) is 19.6. The zero-order chi connectivity index (χ0) is 22.0. The average molecular weight is 488 g/mol. The van der Waals surface area contributed by atoms with E-state index in [0.717, 1.165) is 39.8 Å². The Kier molecular flexibility index (Phi) is 6.79. The minimum Gasteiger partial charge on any atom is -0.380 e. The van der Waals surface area contributed by atoms with E-state index in [4.69, 9.17) is 4.74 Å². The van der Waals surface area contributed by atoms with Crippen molar-refractivity contribution < 1.29 is 9.13 Å². The molecule has 0 saturated heterocycles. The summed E-state index contributed by atoms with van der Waals surface area (Å²) in [6.07, 6.45) is 1.76. The average Bonchev–Trinajstić information content (AvgIpc) is 3.36. The third kappa shape index (κ3) is 4.71. The van der Waals surface area contributed by atoms with Crippen LogP contribution in [0.25, 0.3) is 0 Å². The molecule has 0 fully saturated rings. The van der Waals surface area contributed by atoms with Crippen LogP contribution in [0.2, 0.25) is 0 Å². The highest BCUT2D eigenvalue weighted by Crippen LogP contribution is 2.36. The number of tetrazole rings is 1. The molecule has 0 spiro atoms. The van der Waals surface area contributed by atoms with Crippen LogP contribution in [0.1, 0.15) is 59.1 Å². The maximum absolute atomic E-state index is 13.7. The summed E-state index contributed by atoms with van der Waals surface area (Å²) in [5.41, 5.74) is 5.69. The van der Waals surface area contributed by atoms with Gasteiger partial charge in [-0.25, -0.2) is 9.07 Å². The summed E-state index contributed by atoms with van der Waals surface area (Å²) in [6.45, 7) is 7.94. The van der Waals surface area contributed by atoms with Crippen molar-refractivity contribution >= 4 is 15.9 Å². The van der Waals surface area contributed by atoms with Crippen LogP contribution in [-0.4, -0.2) is 33.4 Å². The number of halogens is 2. The molecule has 0 bridgehead atoms. The Labute approximate surface area is 190 Å². The maximum atomic E-state index is 13.7. The Balaban J connectivity index is 1.71. The van der Waals surface area contributed by atoms with E-state index in [-0.39, 0.29) is 17.9 Å². The van der Waals surface area contributed by atoms with E-state index in [0.29, 0.717) is 19.8 Å². The lowest BCUT2D eigenvalue weighted by atomic mass is 9.98. The molecule has 2 aromatic carbocycles.